The van der Waals surface area contributed by atoms with Crippen molar-refractivity contribution in [2.24, 2.45) is 63.6 Å². The number of fused-ring (bicyclic) bond motifs is 1. The molecule has 10 heteroatoms. The van der Waals surface area contributed by atoms with Gasteiger partial charge in [0.05, 0.1) is 28.8 Å². The van der Waals surface area contributed by atoms with Gasteiger partial charge in [-0.25, -0.2) is 4.79 Å². The maximum absolute atomic E-state index is 12.8. The van der Waals surface area contributed by atoms with Crippen molar-refractivity contribution in [2.45, 2.75) is 171 Å². The minimum atomic E-state index is -0.687. The fraction of sp³-hybridized carbons (Fsp3) is 0.884. The lowest BCUT2D eigenvalue weighted by molar-refractivity contribution is -0.231. The highest BCUT2D eigenvalue weighted by Gasteiger charge is 2.64. The number of hydrogen-bond donors (Lipinski definition) is 0. The van der Waals surface area contributed by atoms with Crippen LogP contribution in [0.25, 0.3) is 0 Å². The van der Waals surface area contributed by atoms with Crippen molar-refractivity contribution >= 4 is 29.8 Å². The molecule has 6 aliphatic carbocycles. The Bertz CT molecular complexity index is 1360. The lowest BCUT2D eigenvalue weighted by Gasteiger charge is -2.62. The Morgan fingerprint density at radius 3 is 1.70 bits per heavy atom. The Hall–Kier alpha value is -2.65. The van der Waals surface area contributed by atoms with Crippen LogP contribution in [0, 0.1) is 63.6 Å². The largest absolute Gasteiger partial charge is 0.463 e. The molecular weight excluding hydrogens is 676 g/mol. The van der Waals surface area contributed by atoms with E-state index < -0.39 is 22.9 Å². The van der Waals surface area contributed by atoms with E-state index in [9.17, 15) is 24.0 Å². The number of ether oxygens (including phenoxy) is 5. The van der Waals surface area contributed by atoms with Crippen LogP contribution in [0.2, 0.25) is 0 Å². The Kier molecular flexibility index (Phi) is 12.1. The number of carbonyl (C=O) groups excluding carboxylic acids is 5. The number of rotatable bonds is 10. The zero-order valence-corrected chi connectivity index (χ0v) is 34.4. The molecule has 2 saturated heterocycles. The maximum atomic E-state index is 12.8. The monoisotopic (exact) mass is 744 g/mol. The number of hydrogen-bond acceptors (Lipinski definition) is 10. The molecule has 10 nitrogen and oxygen atoms in total. The highest BCUT2D eigenvalue weighted by molar-refractivity contribution is 5.83. The van der Waals surface area contributed by atoms with Gasteiger partial charge in [-0.15, -0.1) is 0 Å². The molecular formula is C43H68O10. The van der Waals surface area contributed by atoms with E-state index in [1.807, 2.05) is 41.5 Å². The second kappa shape index (κ2) is 15.5. The minimum absolute atomic E-state index is 0.0335. The molecule has 0 N–H and O–H groups in total. The molecule has 0 aromatic carbocycles. The SMILES string of the molecule is CCC(C)(C)C(=O)OC1(C(C)C)C2CC3CC(C2)CC1C3.CCC(C)(C)C(=O)OC1C2CC3C(=O)OC1C3C2.CCC(C)(C)C(=O)OC1CCOC1=O. The summed E-state index contributed by atoms with van der Waals surface area (Å²) in [7, 11) is 0. The minimum Gasteiger partial charge on any atom is -0.463 e. The van der Waals surface area contributed by atoms with Crippen molar-refractivity contribution in [1.82, 2.24) is 0 Å². The fourth-order valence-corrected chi connectivity index (χ4v) is 10.1. The van der Waals surface area contributed by atoms with Crippen molar-refractivity contribution in [1.29, 1.82) is 0 Å². The smallest absolute Gasteiger partial charge is 0.347 e. The summed E-state index contributed by atoms with van der Waals surface area (Å²) >= 11 is 0. The summed E-state index contributed by atoms with van der Waals surface area (Å²) in [6, 6.07) is 0. The van der Waals surface area contributed by atoms with E-state index in [0.29, 0.717) is 49.0 Å². The lowest BCUT2D eigenvalue weighted by atomic mass is 9.47. The average Bonchev–Trinajstić information content (AvgIpc) is 3.85. The summed E-state index contributed by atoms with van der Waals surface area (Å²) in [5.74, 6) is 3.23. The summed E-state index contributed by atoms with van der Waals surface area (Å²) in [5, 5.41) is 0. The molecule has 0 amide bonds. The third kappa shape index (κ3) is 8.03. The van der Waals surface area contributed by atoms with Crippen LogP contribution in [0.5, 0.6) is 0 Å². The molecule has 8 fully saturated rings. The van der Waals surface area contributed by atoms with Crippen molar-refractivity contribution in [3.63, 3.8) is 0 Å². The van der Waals surface area contributed by atoms with Gasteiger partial charge in [0.2, 0.25) is 6.10 Å². The van der Waals surface area contributed by atoms with E-state index in [1.54, 1.807) is 13.8 Å². The van der Waals surface area contributed by atoms with Gasteiger partial charge in [-0.2, -0.15) is 0 Å². The highest BCUT2D eigenvalue weighted by atomic mass is 16.6. The third-order valence-corrected chi connectivity index (χ3v) is 14.7. The van der Waals surface area contributed by atoms with Gasteiger partial charge in [-0.05, 0) is 135 Å². The molecule has 0 aromatic heterocycles. The molecule has 0 aromatic rings. The predicted octanol–water partition coefficient (Wildman–Crippen LogP) is 8.01. The molecule has 2 heterocycles. The first kappa shape index (κ1) is 41.5. The summed E-state index contributed by atoms with van der Waals surface area (Å²) in [5.41, 5.74) is -1.50. The van der Waals surface area contributed by atoms with Crippen molar-refractivity contribution in [3.8, 4) is 0 Å². The first-order chi connectivity index (χ1) is 24.7. The predicted molar refractivity (Wildman–Crippen MR) is 198 cm³/mol. The van der Waals surface area contributed by atoms with Crippen LogP contribution in [-0.4, -0.2) is 60.4 Å². The molecule has 6 bridgehead atoms. The number of esters is 5. The molecule has 6 saturated carbocycles. The highest BCUT2D eigenvalue weighted by Crippen LogP contribution is 2.62. The van der Waals surface area contributed by atoms with Crippen LogP contribution < -0.4 is 0 Å². The summed E-state index contributed by atoms with van der Waals surface area (Å²) < 4.78 is 27.2. The van der Waals surface area contributed by atoms with Crippen LogP contribution >= 0.6 is 0 Å². The molecule has 6 atom stereocenters. The Labute approximate surface area is 317 Å². The first-order valence-corrected chi connectivity index (χ1v) is 20.7. The normalized spacial score (nSPS) is 36.2. The van der Waals surface area contributed by atoms with Crippen LogP contribution in [0.4, 0.5) is 0 Å². The quantitative estimate of drug-likeness (QED) is 0.160. The molecule has 0 spiro atoms. The third-order valence-electron chi connectivity index (χ3n) is 14.7. The van der Waals surface area contributed by atoms with Crippen LogP contribution in [0.1, 0.15) is 147 Å². The van der Waals surface area contributed by atoms with Crippen molar-refractivity contribution in [3.05, 3.63) is 0 Å². The Balaban J connectivity index is 0.000000157. The second-order valence-electron chi connectivity index (χ2n) is 19.5. The molecule has 53 heavy (non-hydrogen) atoms. The average molecular weight is 745 g/mol. The van der Waals surface area contributed by atoms with Crippen LogP contribution in [0.3, 0.4) is 0 Å². The van der Waals surface area contributed by atoms with Gasteiger partial charge >= 0.3 is 29.8 Å². The molecule has 8 rings (SSSR count). The van der Waals surface area contributed by atoms with E-state index in [2.05, 4.69) is 20.8 Å². The Morgan fingerprint density at radius 1 is 0.717 bits per heavy atom. The standard InChI is InChI=1S/C19H32O2.C14H20O4.C10H16O4/c1-6-18(4,5)17(20)21-19(12(2)3)15-8-13-7-14(10-15)11-16(19)9-13;1-4-14(2,3)13(16)18-10-7-5-8-9(6-7)12(15)17-11(8)10;1-4-10(2,3)9(12)14-7-5-6-13-8(7)11/h12-16H,6-11H2,1-5H3;7-11H,4-6H2,1-3H3;7H,4-6H2,1-3H3. The second-order valence-corrected chi connectivity index (χ2v) is 19.5. The zero-order valence-electron chi connectivity index (χ0n) is 34.4. The fourth-order valence-electron chi connectivity index (χ4n) is 10.1. The van der Waals surface area contributed by atoms with Gasteiger partial charge in [-0.3, -0.25) is 19.2 Å². The molecule has 6 unspecified atom stereocenters. The van der Waals surface area contributed by atoms with E-state index in [4.69, 9.17) is 23.7 Å². The van der Waals surface area contributed by atoms with Crippen LogP contribution in [0.15, 0.2) is 0 Å². The zero-order chi connectivity index (χ0) is 39.3. The summed E-state index contributed by atoms with van der Waals surface area (Å²) in [4.78, 5) is 59.1. The topological polar surface area (TPSA) is 132 Å². The van der Waals surface area contributed by atoms with Gasteiger partial charge in [0.15, 0.2) is 0 Å². The van der Waals surface area contributed by atoms with Gasteiger partial charge in [-0.1, -0.05) is 34.6 Å². The van der Waals surface area contributed by atoms with Gasteiger partial charge < -0.3 is 23.7 Å². The Morgan fingerprint density at radius 2 is 1.23 bits per heavy atom. The van der Waals surface area contributed by atoms with E-state index >= 15 is 0 Å². The summed E-state index contributed by atoms with van der Waals surface area (Å²) in [6.07, 6.45) is 10.2. The first-order valence-electron chi connectivity index (χ1n) is 20.7. The lowest BCUT2D eigenvalue weighted by Crippen LogP contribution is -2.63. The van der Waals surface area contributed by atoms with Crippen molar-refractivity contribution in [2.75, 3.05) is 6.61 Å². The van der Waals surface area contributed by atoms with Crippen LogP contribution in [-0.2, 0) is 47.7 Å². The van der Waals surface area contributed by atoms with Gasteiger partial charge in [0, 0.05) is 18.3 Å². The van der Waals surface area contributed by atoms with Crippen molar-refractivity contribution < 1.29 is 47.7 Å². The number of carbonyl (C=O) groups is 5. The van der Waals surface area contributed by atoms with E-state index in [1.165, 1.54) is 32.1 Å². The van der Waals surface area contributed by atoms with Gasteiger partial charge in [0.25, 0.3) is 0 Å². The van der Waals surface area contributed by atoms with E-state index in [-0.39, 0.29) is 53.0 Å². The molecule has 2 aliphatic heterocycles. The van der Waals surface area contributed by atoms with Gasteiger partial charge in [0.1, 0.15) is 17.8 Å². The molecule has 300 valence electrons. The number of cyclic esters (lactones) is 1. The molecule has 0 radical (unpaired) electrons. The summed E-state index contributed by atoms with van der Waals surface area (Å²) in [6.45, 7) is 22.3. The maximum Gasteiger partial charge on any atom is 0.347 e. The molecule has 8 aliphatic rings. The van der Waals surface area contributed by atoms with E-state index in [0.717, 1.165) is 37.5 Å².